The molecule has 0 radical (unpaired) electrons. The first kappa shape index (κ1) is 12.8. The summed E-state index contributed by atoms with van der Waals surface area (Å²) in [6.45, 7) is 5.66. The number of likely N-dealkylation sites (tertiary alicyclic amines) is 1. The zero-order chi connectivity index (χ0) is 13.0. The highest BCUT2D eigenvalue weighted by Gasteiger charge is 2.29. The van der Waals surface area contributed by atoms with Crippen molar-refractivity contribution in [2.45, 2.75) is 39.2 Å². The van der Waals surface area contributed by atoms with Crippen LogP contribution in [0.5, 0.6) is 0 Å². The van der Waals surface area contributed by atoms with Gasteiger partial charge in [0.15, 0.2) is 0 Å². The second-order valence-electron chi connectivity index (χ2n) is 4.64. The summed E-state index contributed by atoms with van der Waals surface area (Å²) in [5.74, 6) is 1.11. The number of hydrogen-bond acceptors (Lipinski definition) is 4. The first-order valence-corrected chi connectivity index (χ1v) is 6.58. The molecule has 1 aromatic rings. The predicted molar refractivity (Wildman–Crippen MR) is 70.3 cm³/mol. The largest absolute Gasteiger partial charge is 0.364 e. The molecule has 0 unspecified atom stereocenters. The average Bonchev–Trinajstić information content (AvgIpc) is 2.33. The standard InChI is InChI=1S/C13H20N4O/c1-3-5-13(18)17-7-11(8-17)16-12-6-10(4-2)14-9-15-12/h6,9,11H,3-5,7-8H2,1-2H3,(H,14,15,16). The highest BCUT2D eigenvalue weighted by molar-refractivity contribution is 5.77. The van der Waals surface area contributed by atoms with E-state index in [1.165, 1.54) is 0 Å². The molecule has 1 aliphatic rings. The van der Waals surface area contributed by atoms with E-state index in [1.54, 1.807) is 6.33 Å². The SMILES string of the molecule is CCCC(=O)N1CC(Nc2cc(CC)ncn2)C1. The molecule has 1 N–H and O–H groups in total. The van der Waals surface area contributed by atoms with Gasteiger partial charge in [0.2, 0.25) is 5.91 Å². The van der Waals surface area contributed by atoms with Gasteiger partial charge in [0.1, 0.15) is 12.1 Å². The van der Waals surface area contributed by atoms with Gasteiger partial charge in [-0.3, -0.25) is 4.79 Å². The van der Waals surface area contributed by atoms with Crippen molar-refractivity contribution in [1.29, 1.82) is 0 Å². The van der Waals surface area contributed by atoms with Crippen LogP contribution >= 0.6 is 0 Å². The molecule has 1 saturated heterocycles. The van der Waals surface area contributed by atoms with E-state index in [4.69, 9.17) is 0 Å². The molecular weight excluding hydrogens is 228 g/mol. The molecule has 0 bridgehead atoms. The van der Waals surface area contributed by atoms with Gasteiger partial charge in [0, 0.05) is 31.3 Å². The van der Waals surface area contributed by atoms with Gasteiger partial charge in [-0.1, -0.05) is 13.8 Å². The zero-order valence-corrected chi connectivity index (χ0v) is 11.0. The molecule has 2 rings (SSSR count). The number of carbonyl (C=O) groups is 1. The first-order chi connectivity index (χ1) is 8.72. The van der Waals surface area contributed by atoms with Crippen LogP contribution in [0, 0.1) is 0 Å². The van der Waals surface area contributed by atoms with Crippen molar-refractivity contribution in [3.05, 3.63) is 18.1 Å². The summed E-state index contributed by atoms with van der Waals surface area (Å²) >= 11 is 0. The van der Waals surface area contributed by atoms with Crippen molar-refractivity contribution in [3.63, 3.8) is 0 Å². The number of nitrogens with zero attached hydrogens (tertiary/aromatic N) is 3. The first-order valence-electron chi connectivity index (χ1n) is 6.58. The monoisotopic (exact) mass is 248 g/mol. The Morgan fingerprint density at radius 3 is 2.89 bits per heavy atom. The summed E-state index contributed by atoms with van der Waals surface area (Å²) < 4.78 is 0. The minimum absolute atomic E-state index is 0.257. The van der Waals surface area contributed by atoms with E-state index in [-0.39, 0.29) is 5.91 Å². The molecule has 18 heavy (non-hydrogen) atoms. The molecule has 5 nitrogen and oxygen atoms in total. The van der Waals surface area contributed by atoms with Crippen molar-refractivity contribution in [2.24, 2.45) is 0 Å². The smallest absolute Gasteiger partial charge is 0.222 e. The van der Waals surface area contributed by atoms with E-state index >= 15 is 0 Å². The summed E-state index contributed by atoms with van der Waals surface area (Å²) in [4.78, 5) is 21.8. The fourth-order valence-electron chi connectivity index (χ4n) is 2.02. The summed E-state index contributed by atoms with van der Waals surface area (Å²) in [5.41, 5.74) is 1.03. The molecule has 1 aromatic heterocycles. The van der Waals surface area contributed by atoms with Crippen LogP contribution in [0.15, 0.2) is 12.4 Å². The minimum Gasteiger partial charge on any atom is -0.364 e. The third-order valence-electron chi connectivity index (χ3n) is 3.14. The Labute approximate surface area is 108 Å². The van der Waals surface area contributed by atoms with E-state index in [2.05, 4.69) is 22.2 Å². The molecule has 0 aliphatic carbocycles. The molecule has 0 spiro atoms. The number of rotatable bonds is 5. The molecule has 0 aromatic carbocycles. The normalized spacial score (nSPS) is 15.3. The molecule has 1 amide bonds. The van der Waals surface area contributed by atoms with Gasteiger partial charge in [0.05, 0.1) is 6.04 Å². The van der Waals surface area contributed by atoms with Gasteiger partial charge in [-0.05, 0) is 12.8 Å². The number of aryl methyl sites for hydroxylation is 1. The topological polar surface area (TPSA) is 58.1 Å². The second-order valence-corrected chi connectivity index (χ2v) is 4.64. The predicted octanol–water partition coefficient (Wildman–Crippen LogP) is 1.46. The Balaban J connectivity index is 1.81. The molecule has 0 saturated carbocycles. The Kier molecular flexibility index (Phi) is 4.12. The highest BCUT2D eigenvalue weighted by atomic mass is 16.2. The number of hydrogen-bond donors (Lipinski definition) is 1. The number of amides is 1. The maximum atomic E-state index is 11.6. The van der Waals surface area contributed by atoms with Crippen LogP contribution in [0.4, 0.5) is 5.82 Å². The Bertz CT molecular complexity index is 415. The van der Waals surface area contributed by atoms with Gasteiger partial charge >= 0.3 is 0 Å². The van der Waals surface area contributed by atoms with Gasteiger partial charge in [-0.2, -0.15) is 0 Å². The zero-order valence-electron chi connectivity index (χ0n) is 11.0. The lowest BCUT2D eigenvalue weighted by molar-refractivity contribution is -0.135. The Morgan fingerprint density at radius 1 is 1.44 bits per heavy atom. The number of anilines is 1. The quantitative estimate of drug-likeness (QED) is 0.857. The second kappa shape index (κ2) is 5.80. The van der Waals surface area contributed by atoms with Crippen molar-refractivity contribution in [1.82, 2.24) is 14.9 Å². The molecule has 2 heterocycles. The van der Waals surface area contributed by atoms with Crippen LogP contribution in [0.2, 0.25) is 0 Å². The van der Waals surface area contributed by atoms with Crippen molar-refractivity contribution >= 4 is 11.7 Å². The molecule has 1 fully saturated rings. The average molecular weight is 248 g/mol. The third-order valence-corrected chi connectivity index (χ3v) is 3.14. The van der Waals surface area contributed by atoms with Crippen LogP contribution in [0.25, 0.3) is 0 Å². The maximum absolute atomic E-state index is 11.6. The number of nitrogens with one attached hydrogen (secondary N) is 1. The van der Waals surface area contributed by atoms with Crippen molar-refractivity contribution < 1.29 is 4.79 Å². The lowest BCUT2D eigenvalue weighted by Crippen LogP contribution is -2.57. The highest BCUT2D eigenvalue weighted by Crippen LogP contribution is 2.15. The fraction of sp³-hybridized carbons (Fsp3) is 0.615. The lowest BCUT2D eigenvalue weighted by Gasteiger charge is -2.39. The number of aromatic nitrogens is 2. The minimum atomic E-state index is 0.257. The van der Waals surface area contributed by atoms with E-state index in [9.17, 15) is 4.79 Å². The van der Waals surface area contributed by atoms with E-state index in [1.807, 2.05) is 17.9 Å². The van der Waals surface area contributed by atoms with Crippen molar-refractivity contribution in [2.75, 3.05) is 18.4 Å². The fourth-order valence-corrected chi connectivity index (χ4v) is 2.02. The third kappa shape index (κ3) is 2.97. The summed E-state index contributed by atoms with van der Waals surface area (Å²) in [6, 6.07) is 2.29. The van der Waals surface area contributed by atoms with Crippen LogP contribution in [-0.2, 0) is 11.2 Å². The van der Waals surface area contributed by atoms with Crippen molar-refractivity contribution in [3.8, 4) is 0 Å². The molecule has 0 atom stereocenters. The maximum Gasteiger partial charge on any atom is 0.222 e. The van der Waals surface area contributed by atoms with E-state index in [0.717, 1.165) is 37.4 Å². The van der Waals surface area contributed by atoms with Gasteiger partial charge < -0.3 is 10.2 Å². The van der Waals surface area contributed by atoms with Crippen LogP contribution in [-0.4, -0.2) is 39.9 Å². The van der Waals surface area contributed by atoms with Gasteiger partial charge in [0.25, 0.3) is 0 Å². The summed E-state index contributed by atoms with van der Waals surface area (Å²) in [5, 5.41) is 3.34. The van der Waals surface area contributed by atoms with Crippen LogP contribution in [0.1, 0.15) is 32.4 Å². The van der Waals surface area contributed by atoms with E-state index < -0.39 is 0 Å². The number of carbonyl (C=O) groups excluding carboxylic acids is 1. The van der Waals surface area contributed by atoms with Gasteiger partial charge in [-0.15, -0.1) is 0 Å². The lowest BCUT2D eigenvalue weighted by atomic mass is 10.1. The van der Waals surface area contributed by atoms with Crippen LogP contribution in [0.3, 0.4) is 0 Å². The molecule has 98 valence electrons. The van der Waals surface area contributed by atoms with E-state index in [0.29, 0.717) is 12.5 Å². The Morgan fingerprint density at radius 2 is 2.22 bits per heavy atom. The molecular formula is C13H20N4O. The summed E-state index contributed by atoms with van der Waals surface area (Å²) in [7, 11) is 0. The summed E-state index contributed by atoms with van der Waals surface area (Å²) in [6.07, 6.45) is 4.06. The molecule has 1 aliphatic heterocycles. The Hall–Kier alpha value is -1.65. The van der Waals surface area contributed by atoms with Gasteiger partial charge in [-0.25, -0.2) is 9.97 Å². The molecule has 5 heteroatoms. The van der Waals surface area contributed by atoms with Crippen LogP contribution < -0.4 is 5.32 Å².